The Hall–Kier alpha value is -1.91. The zero-order valence-electron chi connectivity index (χ0n) is 7.99. The molecule has 80 valence electrons. The van der Waals surface area contributed by atoms with Crippen LogP contribution in [0.2, 0.25) is 0 Å². The molecule has 1 rings (SSSR count). The molecule has 15 heavy (non-hydrogen) atoms. The number of halogens is 1. The van der Waals surface area contributed by atoms with Crippen molar-refractivity contribution in [1.82, 2.24) is 0 Å². The van der Waals surface area contributed by atoms with Gasteiger partial charge < -0.3 is 9.84 Å². The summed E-state index contributed by atoms with van der Waals surface area (Å²) in [4.78, 5) is 21.5. The number of hydrogen-bond donors (Lipinski definition) is 1. The molecule has 1 aromatic rings. The molecular weight excluding hydrogens is 203 g/mol. The molecule has 0 heterocycles. The minimum absolute atomic E-state index is 0.0776. The van der Waals surface area contributed by atoms with Gasteiger partial charge in [-0.05, 0) is 12.1 Å². The van der Waals surface area contributed by atoms with Gasteiger partial charge in [0.25, 0.3) is 0 Å². The number of ketones is 1. The van der Waals surface area contributed by atoms with E-state index in [9.17, 15) is 14.0 Å². The third-order valence-electron chi connectivity index (χ3n) is 1.80. The third kappa shape index (κ3) is 2.52. The predicted octanol–water partition coefficient (Wildman–Crippen LogP) is 1.49. The lowest BCUT2D eigenvalue weighted by molar-refractivity contribution is -0.135. The first kappa shape index (κ1) is 11.2. The number of carboxylic acids is 1. The fourth-order valence-electron chi connectivity index (χ4n) is 1.12. The lowest BCUT2D eigenvalue weighted by Gasteiger charge is -2.04. The summed E-state index contributed by atoms with van der Waals surface area (Å²) >= 11 is 0. The highest BCUT2D eigenvalue weighted by Gasteiger charge is 2.17. The minimum atomic E-state index is -1.29. The summed E-state index contributed by atoms with van der Waals surface area (Å²) in [6, 6.07) is 4.01. The Balaban J connectivity index is 3.04. The molecule has 0 radical (unpaired) electrons. The molecule has 0 bridgehead atoms. The number of ether oxygens (including phenoxy) is 1. The van der Waals surface area contributed by atoms with Gasteiger partial charge in [0, 0.05) is 0 Å². The van der Waals surface area contributed by atoms with Crippen LogP contribution in [0.15, 0.2) is 18.2 Å². The summed E-state index contributed by atoms with van der Waals surface area (Å²) in [6.45, 7) is 0. The second kappa shape index (κ2) is 4.54. The van der Waals surface area contributed by atoms with E-state index in [-0.39, 0.29) is 11.3 Å². The number of carboxylic acid groups (broad SMARTS) is 1. The van der Waals surface area contributed by atoms with Crippen molar-refractivity contribution in [2.45, 2.75) is 6.42 Å². The number of benzene rings is 1. The maximum Gasteiger partial charge on any atom is 0.311 e. The standard InChI is InChI=1S/C10H9FO4/c1-15-8-4-2-3-6(10(8)11)7(12)5-9(13)14/h2-4H,5H2,1H3,(H,13,14). The maximum absolute atomic E-state index is 13.4. The number of methoxy groups -OCH3 is 1. The summed E-state index contributed by atoms with van der Waals surface area (Å²) in [7, 11) is 1.27. The normalized spacial score (nSPS) is 9.73. The smallest absolute Gasteiger partial charge is 0.311 e. The second-order valence-electron chi connectivity index (χ2n) is 2.82. The van der Waals surface area contributed by atoms with Crippen LogP contribution in [0.5, 0.6) is 5.75 Å². The van der Waals surface area contributed by atoms with E-state index in [0.717, 1.165) is 0 Å². The molecule has 0 fully saturated rings. The van der Waals surface area contributed by atoms with Gasteiger partial charge in [0.2, 0.25) is 0 Å². The fraction of sp³-hybridized carbons (Fsp3) is 0.200. The molecule has 0 aliphatic carbocycles. The van der Waals surface area contributed by atoms with Crippen LogP contribution in [0.4, 0.5) is 4.39 Å². The first-order chi connectivity index (χ1) is 7.06. The third-order valence-corrected chi connectivity index (χ3v) is 1.80. The molecule has 0 atom stereocenters. The first-order valence-corrected chi connectivity index (χ1v) is 4.13. The zero-order valence-corrected chi connectivity index (χ0v) is 7.99. The number of carbonyl (C=O) groups excluding carboxylic acids is 1. The summed E-state index contributed by atoms with van der Waals surface area (Å²) in [6.07, 6.45) is -0.732. The van der Waals surface area contributed by atoms with Gasteiger partial charge in [0.1, 0.15) is 6.42 Å². The van der Waals surface area contributed by atoms with Gasteiger partial charge in [0.05, 0.1) is 12.7 Å². The molecule has 0 amide bonds. The summed E-state index contributed by atoms with van der Waals surface area (Å²) in [5, 5.41) is 8.39. The first-order valence-electron chi connectivity index (χ1n) is 4.13. The Bertz CT molecular complexity index is 400. The van der Waals surface area contributed by atoms with Crippen molar-refractivity contribution in [3.8, 4) is 5.75 Å². The highest BCUT2D eigenvalue weighted by atomic mass is 19.1. The van der Waals surface area contributed by atoms with Gasteiger partial charge in [-0.25, -0.2) is 4.39 Å². The van der Waals surface area contributed by atoms with Crippen molar-refractivity contribution in [2.24, 2.45) is 0 Å². The molecule has 0 saturated heterocycles. The molecule has 5 heteroatoms. The summed E-state index contributed by atoms with van der Waals surface area (Å²) in [5.74, 6) is -2.97. The maximum atomic E-state index is 13.4. The quantitative estimate of drug-likeness (QED) is 0.606. The molecule has 4 nitrogen and oxygen atoms in total. The molecule has 0 saturated carbocycles. The van der Waals surface area contributed by atoms with E-state index < -0.39 is 24.0 Å². The van der Waals surface area contributed by atoms with E-state index in [0.29, 0.717) is 0 Å². The number of rotatable bonds is 4. The number of carbonyl (C=O) groups is 2. The average molecular weight is 212 g/mol. The van der Waals surface area contributed by atoms with Crippen molar-refractivity contribution in [2.75, 3.05) is 7.11 Å². The largest absolute Gasteiger partial charge is 0.494 e. The summed E-state index contributed by atoms with van der Waals surface area (Å²) < 4.78 is 18.1. The lowest BCUT2D eigenvalue weighted by Crippen LogP contribution is -2.09. The average Bonchev–Trinajstić information content (AvgIpc) is 2.17. The Morgan fingerprint density at radius 1 is 1.47 bits per heavy atom. The van der Waals surface area contributed by atoms with Crippen LogP contribution in [-0.4, -0.2) is 24.0 Å². The van der Waals surface area contributed by atoms with E-state index in [4.69, 9.17) is 5.11 Å². The van der Waals surface area contributed by atoms with E-state index in [1.54, 1.807) is 0 Å². The van der Waals surface area contributed by atoms with Crippen molar-refractivity contribution >= 4 is 11.8 Å². The molecule has 0 aromatic heterocycles. The van der Waals surface area contributed by atoms with Gasteiger partial charge >= 0.3 is 5.97 Å². The number of aliphatic carboxylic acids is 1. The van der Waals surface area contributed by atoms with Crippen molar-refractivity contribution in [3.05, 3.63) is 29.6 Å². The Kier molecular flexibility index (Phi) is 3.38. The highest BCUT2D eigenvalue weighted by molar-refractivity contribution is 6.05. The van der Waals surface area contributed by atoms with Crippen LogP contribution in [0.3, 0.4) is 0 Å². The number of hydrogen-bond acceptors (Lipinski definition) is 3. The Morgan fingerprint density at radius 2 is 2.13 bits per heavy atom. The van der Waals surface area contributed by atoms with Crippen molar-refractivity contribution in [1.29, 1.82) is 0 Å². The summed E-state index contributed by atoms with van der Waals surface area (Å²) in [5.41, 5.74) is -0.267. The molecule has 0 spiro atoms. The molecule has 0 aliphatic heterocycles. The van der Waals surface area contributed by atoms with E-state index >= 15 is 0 Å². The van der Waals surface area contributed by atoms with E-state index in [2.05, 4.69) is 4.74 Å². The molecule has 0 aliphatic rings. The topological polar surface area (TPSA) is 63.6 Å². The van der Waals surface area contributed by atoms with Crippen LogP contribution < -0.4 is 4.74 Å². The Morgan fingerprint density at radius 3 is 2.67 bits per heavy atom. The van der Waals surface area contributed by atoms with Crippen LogP contribution in [0, 0.1) is 5.82 Å². The molecule has 0 unspecified atom stereocenters. The van der Waals surface area contributed by atoms with Gasteiger partial charge in [-0.3, -0.25) is 9.59 Å². The van der Waals surface area contributed by atoms with Crippen molar-refractivity contribution in [3.63, 3.8) is 0 Å². The second-order valence-corrected chi connectivity index (χ2v) is 2.82. The molecular formula is C10H9FO4. The molecule has 1 N–H and O–H groups in total. The van der Waals surface area contributed by atoms with Gasteiger partial charge in [-0.1, -0.05) is 6.07 Å². The van der Waals surface area contributed by atoms with Crippen LogP contribution in [-0.2, 0) is 4.79 Å². The van der Waals surface area contributed by atoms with Crippen LogP contribution in [0.25, 0.3) is 0 Å². The number of Topliss-reactive ketones (excluding diaryl/α,β-unsaturated/α-hetero) is 1. The van der Waals surface area contributed by atoms with E-state index in [1.807, 2.05) is 0 Å². The Labute approximate surface area is 85.3 Å². The lowest BCUT2D eigenvalue weighted by atomic mass is 10.1. The fourth-order valence-corrected chi connectivity index (χ4v) is 1.12. The molecule has 1 aromatic carbocycles. The van der Waals surface area contributed by atoms with Gasteiger partial charge in [-0.2, -0.15) is 0 Å². The van der Waals surface area contributed by atoms with Crippen molar-refractivity contribution < 1.29 is 23.8 Å². The van der Waals surface area contributed by atoms with Gasteiger partial charge in [0.15, 0.2) is 17.3 Å². The predicted molar refractivity (Wildman–Crippen MR) is 49.5 cm³/mol. The van der Waals surface area contributed by atoms with Gasteiger partial charge in [-0.15, -0.1) is 0 Å². The SMILES string of the molecule is COc1cccc(C(=O)CC(=O)O)c1F. The zero-order chi connectivity index (χ0) is 11.4. The van der Waals surface area contributed by atoms with E-state index in [1.165, 1.54) is 25.3 Å². The highest BCUT2D eigenvalue weighted by Crippen LogP contribution is 2.20. The minimum Gasteiger partial charge on any atom is -0.494 e. The monoisotopic (exact) mass is 212 g/mol. The van der Waals surface area contributed by atoms with Crippen LogP contribution in [0.1, 0.15) is 16.8 Å². The van der Waals surface area contributed by atoms with Crippen LogP contribution >= 0.6 is 0 Å².